The van der Waals surface area contributed by atoms with Crippen LogP contribution in [0.15, 0.2) is 24.3 Å². The summed E-state index contributed by atoms with van der Waals surface area (Å²) < 4.78 is 13.6. The molecule has 0 spiro atoms. The number of nitrogens with two attached hydrogens (primary N) is 1. The summed E-state index contributed by atoms with van der Waals surface area (Å²) in [5, 5.41) is 3.22. The number of rotatable bonds is 6. The van der Waals surface area contributed by atoms with Crippen molar-refractivity contribution < 1.29 is 4.39 Å². The van der Waals surface area contributed by atoms with Gasteiger partial charge in [-0.3, -0.25) is 0 Å². The highest BCUT2D eigenvalue weighted by atomic mass is 19.1. The maximum absolute atomic E-state index is 13.6. The minimum Gasteiger partial charge on any atom is -0.369 e. The first kappa shape index (κ1) is 15.2. The number of hydrogen-bond acceptors (Lipinski definition) is 5. The molecule has 0 amide bonds. The predicted octanol–water partition coefficient (Wildman–Crippen LogP) is 2.43. The molecule has 0 fully saturated rings. The van der Waals surface area contributed by atoms with Crippen LogP contribution in [0.3, 0.4) is 0 Å². The zero-order valence-electron chi connectivity index (χ0n) is 12.3. The Morgan fingerprint density at radius 2 is 1.90 bits per heavy atom. The van der Waals surface area contributed by atoms with E-state index in [-0.39, 0.29) is 5.82 Å². The molecule has 1 aromatic heterocycles. The summed E-state index contributed by atoms with van der Waals surface area (Å²) in [6.45, 7) is 4.46. The van der Waals surface area contributed by atoms with Crippen LogP contribution in [0.1, 0.15) is 23.9 Å². The summed E-state index contributed by atoms with van der Waals surface area (Å²) >= 11 is 0. The molecule has 21 heavy (non-hydrogen) atoms. The lowest BCUT2D eigenvalue weighted by atomic mass is 10.1. The van der Waals surface area contributed by atoms with Gasteiger partial charge in [0.25, 0.3) is 0 Å². The van der Waals surface area contributed by atoms with E-state index >= 15 is 0 Å². The quantitative estimate of drug-likeness (QED) is 0.562. The zero-order valence-corrected chi connectivity index (χ0v) is 12.3. The van der Waals surface area contributed by atoms with Crippen molar-refractivity contribution in [1.29, 1.82) is 0 Å². The molecule has 0 aliphatic rings. The molecule has 0 aliphatic carbocycles. The van der Waals surface area contributed by atoms with Crippen molar-refractivity contribution in [2.24, 2.45) is 5.84 Å². The van der Waals surface area contributed by atoms with Gasteiger partial charge in [0.1, 0.15) is 23.3 Å². The van der Waals surface area contributed by atoms with Crippen molar-refractivity contribution in [2.75, 3.05) is 17.3 Å². The number of nitrogens with zero attached hydrogens (tertiary/aromatic N) is 2. The van der Waals surface area contributed by atoms with Gasteiger partial charge in [-0.2, -0.15) is 0 Å². The normalized spacial score (nSPS) is 10.5. The van der Waals surface area contributed by atoms with Crippen LogP contribution in [0.25, 0.3) is 0 Å². The van der Waals surface area contributed by atoms with Crippen molar-refractivity contribution in [3.05, 3.63) is 47.0 Å². The highest BCUT2D eigenvalue weighted by molar-refractivity contribution is 5.56. The molecule has 112 valence electrons. The third kappa shape index (κ3) is 3.66. The third-order valence-electron chi connectivity index (χ3n) is 3.29. The van der Waals surface area contributed by atoms with Gasteiger partial charge in [-0.05, 0) is 25.0 Å². The van der Waals surface area contributed by atoms with Gasteiger partial charge in [0.2, 0.25) is 0 Å². The SMILES string of the molecule is CCc1nc(NN)c(C)c(NCCc2ccccc2F)n1. The zero-order chi connectivity index (χ0) is 15.2. The van der Waals surface area contributed by atoms with Gasteiger partial charge in [0, 0.05) is 18.5 Å². The van der Waals surface area contributed by atoms with Crippen molar-refractivity contribution >= 4 is 11.6 Å². The van der Waals surface area contributed by atoms with E-state index in [0.717, 1.165) is 17.8 Å². The molecule has 0 atom stereocenters. The number of aryl methyl sites for hydroxylation is 1. The Hall–Kier alpha value is -2.21. The summed E-state index contributed by atoms with van der Waals surface area (Å²) in [7, 11) is 0. The molecule has 0 aliphatic heterocycles. The Balaban J connectivity index is 2.08. The second kappa shape index (κ2) is 6.99. The molecule has 2 rings (SSSR count). The Morgan fingerprint density at radius 3 is 2.57 bits per heavy atom. The van der Waals surface area contributed by atoms with Crippen LogP contribution in [0.4, 0.5) is 16.0 Å². The number of anilines is 2. The smallest absolute Gasteiger partial charge is 0.148 e. The number of halogens is 1. The standard InChI is InChI=1S/C15H20FN5/c1-3-13-19-14(10(2)15(20-13)21-17)18-9-8-11-6-4-5-7-12(11)16/h4-7H,3,8-9,17H2,1-2H3,(H2,18,19,20,21). The van der Waals surface area contributed by atoms with Gasteiger partial charge in [-0.25, -0.2) is 20.2 Å². The lowest BCUT2D eigenvalue weighted by molar-refractivity contribution is 0.610. The molecule has 1 aromatic carbocycles. The fourth-order valence-corrected chi connectivity index (χ4v) is 2.05. The number of hydrazine groups is 1. The van der Waals surface area contributed by atoms with Crippen LogP contribution < -0.4 is 16.6 Å². The first-order valence-corrected chi connectivity index (χ1v) is 6.97. The molecule has 5 nitrogen and oxygen atoms in total. The molecule has 4 N–H and O–H groups in total. The van der Waals surface area contributed by atoms with Crippen LogP contribution >= 0.6 is 0 Å². The van der Waals surface area contributed by atoms with Crippen molar-refractivity contribution in [3.8, 4) is 0 Å². The number of benzene rings is 1. The van der Waals surface area contributed by atoms with Crippen molar-refractivity contribution in [2.45, 2.75) is 26.7 Å². The summed E-state index contributed by atoms with van der Waals surface area (Å²) in [5.41, 5.74) is 4.11. The van der Waals surface area contributed by atoms with Crippen LogP contribution in [-0.4, -0.2) is 16.5 Å². The summed E-state index contributed by atoms with van der Waals surface area (Å²) in [4.78, 5) is 8.74. The molecule has 0 bridgehead atoms. The number of hydrogen-bond donors (Lipinski definition) is 3. The fraction of sp³-hybridized carbons (Fsp3) is 0.333. The van der Waals surface area contributed by atoms with E-state index in [0.29, 0.717) is 30.2 Å². The van der Waals surface area contributed by atoms with E-state index in [1.54, 1.807) is 12.1 Å². The Kier molecular flexibility index (Phi) is 5.05. The second-order valence-electron chi connectivity index (χ2n) is 4.73. The summed E-state index contributed by atoms with van der Waals surface area (Å²) in [5.74, 6) is 7.33. The minimum atomic E-state index is -0.183. The molecule has 0 unspecified atom stereocenters. The van der Waals surface area contributed by atoms with Crippen molar-refractivity contribution in [1.82, 2.24) is 9.97 Å². The third-order valence-corrected chi connectivity index (χ3v) is 3.29. The monoisotopic (exact) mass is 289 g/mol. The van der Waals surface area contributed by atoms with Crippen LogP contribution in [-0.2, 0) is 12.8 Å². The van der Waals surface area contributed by atoms with E-state index < -0.39 is 0 Å². The Labute approximate surface area is 123 Å². The first-order chi connectivity index (χ1) is 10.2. The highest BCUT2D eigenvalue weighted by Gasteiger charge is 2.09. The molecule has 1 heterocycles. The maximum atomic E-state index is 13.6. The average molecular weight is 289 g/mol. The van der Waals surface area contributed by atoms with Gasteiger partial charge in [-0.1, -0.05) is 25.1 Å². The topological polar surface area (TPSA) is 75.9 Å². The molecule has 6 heteroatoms. The van der Waals surface area contributed by atoms with Crippen LogP contribution in [0.5, 0.6) is 0 Å². The van der Waals surface area contributed by atoms with Crippen LogP contribution in [0, 0.1) is 12.7 Å². The van der Waals surface area contributed by atoms with Gasteiger partial charge in [-0.15, -0.1) is 0 Å². The molecular formula is C15H20FN5. The number of nitrogens with one attached hydrogen (secondary N) is 2. The van der Waals surface area contributed by atoms with Gasteiger partial charge in [0.05, 0.1) is 0 Å². The average Bonchev–Trinajstić information content (AvgIpc) is 2.50. The fourth-order valence-electron chi connectivity index (χ4n) is 2.05. The molecule has 0 saturated heterocycles. The first-order valence-electron chi connectivity index (χ1n) is 6.97. The maximum Gasteiger partial charge on any atom is 0.148 e. The predicted molar refractivity (Wildman–Crippen MR) is 82.6 cm³/mol. The lowest BCUT2D eigenvalue weighted by Gasteiger charge is -2.13. The molecule has 0 radical (unpaired) electrons. The van der Waals surface area contributed by atoms with E-state index in [9.17, 15) is 4.39 Å². The lowest BCUT2D eigenvalue weighted by Crippen LogP contribution is -2.16. The van der Waals surface area contributed by atoms with E-state index in [1.165, 1.54) is 6.07 Å². The van der Waals surface area contributed by atoms with Gasteiger partial charge in [0.15, 0.2) is 0 Å². The summed E-state index contributed by atoms with van der Waals surface area (Å²) in [6, 6.07) is 6.78. The molecule has 0 saturated carbocycles. The van der Waals surface area contributed by atoms with Gasteiger partial charge < -0.3 is 10.7 Å². The second-order valence-corrected chi connectivity index (χ2v) is 4.73. The van der Waals surface area contributed by atoms with E-state index in [4.69, 9.17) is 5.84 Å². The minimum absolute atomic E-state index is 0.183. The molecule has 2 aromatic rings. The van der Waals surface area contributed by atoms with Gasteiger partial charge >= 0.3 is 0 Å². The molecular weight excluding hydrogens is 269 g/mol. The van der Waals surface area contributed by atoms with Crippen molar-refractivity contribution in [3.63, 3.8) is 0 Å². The van der Waals surface area contributed by atoms with Crippen LogP contribution in [0.2, 0.25) is 0 Å². The van der Waals surface area contributed by atoms with E-state index in [2.05, 4.69) is 20.7 Å². The number of nitrogen functional groups attached to an aromatic ring is 1. The van der Waals surface area contributed by atoms with E-state index in [1.807, 2.05) is 19.9 Å². The Bertz CT molecular complexity index is 615. The summed E-state index contributed by atoms with van der Waals surface area (Å²) in [6.07, 6.45) is 1.31. The Morgan fingerprint density at radius 1 is 1.19 bits per heavy atom. The largest absolute Gasteiger partial charge is 0.369 e. The number of aromatic nitrogens is 2. The highest BCUT2D eigenvalue weighted by Crippen LogP contribution is 2.19.